The second-order valence-corrected chi connectivity index (χ2v) is 4.01. The minimum absolute atomic E-state index is 0.848. The molecule has 1 fully saturated rings. The first-order valence-electron chi connectivity index (χ1n) is 5.88. The van der Waals surface area contributed by atoms with Gasteiger partial charge in [-0.05, 0) is 19.8 Å². The predicted molar refractivity (Wildman–Crippen MR) is 60.2 cm³/mol. The molecule has 0 spiro atoms. The van der Waals surface area contributed by atoms with E-state index in [0.29, 0.717) is 0 Å². The quantitative estimate of drug-likeness (QED) is 0.812. The first-order valence-corrected chi connectivity index (χ1v) is 5.88. The third kappa shape index (κ3) is 2.79. The Morgan fingerprint density at radius 1 is 1.33 bits per heavy atom. The van der Waals surface area contributed by atoms with Gasteiger partial charge in [-0.15, -0.1) is 0 Å². The van der Waals surface area contributed by atoms with Gasteiger partial charge in [-0.2, -0.15) is 0 Å². The van der Waals surface area contributed by atoms with Gasteiger partial charge in [0, 0.05) is 32.0 Å². The lowest BCUT2D eigenvalue weighted by molar-refractivity contribution is 0.148. The van der Waals surface area contributed by atoms with E-state index in [2.05, 4.69) is 26.9 Å². The van der Waals surface area contributed by atoms with E-state index in [-0.39, 0.29) is 0 Å². The van der Waals surface area contributed by atoms with Crippen LogP contribution in [0.5, 0.6) is 0 Å². The Balaban J connectivity index is 1.81. The van der Waals surface area contributed by atoms with Crippen molar-refractivity contribution in [3.8, 4) is 0 Å². The molecule has 0 aliphatic carbocycles. The van der Waals surface area contributed by atoms with Crippen molar-refractivity contribution in [2.45, 2.75) is 39.3 Å². The lowest BCUT2D eigenvalue weighted by Gasteiger charge is -2.26. The molecule has 2 rings (SSSR count). The summed E-state index contributed by atoms with van der Waals surface area (Å²) in [6, 6.07) is 0. The van der Waals surface area contributed by atoms with Crippen molar-refractivity contribution >= 4 is 0 Å². The van der Waals surface area contributed by atoms with Gasteiger partial charge in [0.15, 0.2) is 0 Å². The van der Waals surface area contributed by atoms with E-state index in [0.717, 1.165) is 18.9 Å². The smallest absolute Gasteiger partial charge is 0.124 e. The summed E-state index contributed by atoms with van der Waals surface area (Å²) in [6.07, 6.45) is 7.91. The van der Waals surface area contributed by atoms with Gasteiger partial charge in [0.25, 0.3) is 0 Å². The predicted octanol–water partition coefficient (Wildman–Crippen LogP) is 1.39. The molecule has 1 N–H and O–H groups in total. The molecule has 2 heterocycles. The van der Waals surface area contributed by atoms with Crippen LogP contribution >= 0.6 is 0 Å². The van der Waals surface area contributed by atoms with Gasteiger partial charge in [-0.3, -0.25) is 0 Å². The number of hydrogen-bond donors (Lipinski definition) is 1. The molecule has 1 saturated heterocycles. The van der Waals surface area contributed by atoms with Crippen molar-refractivity contribution in [1.82, 2.24) is 20.0 Å². The summed E-state index contributed by atoms with van der Waals surface area (Å²) in [5.41, 5.74) is 3.45. The Labute approximate surface area is 91.3 Å². The van der Waals surface area contributed by atoms with Gasteiger partial charge >= 0.3 is 0 Å². The molecule has 1 aliphatic heterocycles. The summed E-state index contributed by atoms with van der Waals surface area (Å²) in [5, 5.41) is 2.32. The highest BCUT2D eigenvalue weighted by Crippen LogP contribution is 2.06. The average molecular weight is 208 g/mol. The molecule has 84 valence electrons. The first kappa shape index (κ1) is 10.6. The van der Waals surface area contributed by atoms with E-state index in [1.165, 1.54) is 32.4 Å². The molecule has 4 nitrogen and oxygen atoms in total. The van der Waals surface area contributed by atoms with Crippen molar-refractivity contribution in [2.75, 3.05) is 13.1 Å². The van der Waals surface area contributed by atoms with Crippen LogP contribution in [-0.4, -0.2) is 27.6 Å². The van der Waals surface area contributed by atoms with E-state index in [1.54, 1.807) is 0 Å². The molecule has 0 radical (unpaired) electrons. The molecular weight excluding hydrogens is 188 g/mol. The van der Waals surface area contributed by atoms with Crippen LogP contribution in [-0.2, 0) is 13.1 Å². The fraction of sp³-hybridized carbons (Fsp3) is 0.727. The number of rotatable bonds is 4. The molecular formula is C11H20N4. The Kier molecular flexibility index (Phi) is 3.75. The van der Waals surface area contributed by atoms with Crippen LogP contribution in [0.3, 0.4) is 0 Å². The third-order valence-electron chi connectivity index (χ3n) is 2.96. The number of hydrogen-bond acceptors (Lipinski definition) is 3. The van der Waals surface area contributed by atoms with E-state index in [9.17, 15) is 0 Å². The molecule has 1 aromatic rings. The second-order valence-electron chi connectivity index (χ2n) is 4.01. The Morgan fingerprint density at radius 2 is 2.13 bits per heavy atom. The lowest BCUT2D eigenvalue weighted by Crippen LogP contribution is -2.41. The van der Waals surface area contributed by atoms with E-state index in [4.69, 9.17) is 0 Å². The fourth-order valence-corrected chi connectivity index (χ4v) is 2.03. The molecule has 0 saturated carbocycles. The van der Waals surface area contributed by atoms with Crippen molar-refractivity contribution < 1.29 is 0 Å². The first-order chi connectivity index (χ1) is 7.40. The number of nitrogens with one attached hydrogen (secondary N) is 1. The van der Waals surface area contributed by atoms with E-state index in [1.807, 2.05) is 12.4 Å². The van der Waals surface area contributed by atoms with Gasteiger partial charge in [-0.25, -0.2) is 15.4 Å². The summed E-state index contributed by atoms with van der Waals surface area (Å²) in [7, 11) is 0. The van der Waals surface area contributed by atoms with E-state index >= 15 is 0 Å². The van der Waals surface area contributed by atoms with Gasteiger partial charge in [-0.1, -0.05) is 6.42 Å². The summed E-state index contributed by atoms with van der Waals surface area (Å²) < 4.78 is 2.18. The standard InChI is InChI=1S/C11H20N4/c1-2-14-9-6-12-11(14)10-13-15-7-4-3-5-8-15/h6,9,13H,2-5,7-8,10H2,1H3. The zero-order valence-corrected chi connectivity index (χ0v) is 9.45. The second kappa shape index (κ2) is 5.28. The van der Waals surface area contributed by atoms with Crippen LogP contribution in [0.1, 0.15) is 32.0 Å². The number of piperidine rings is 1. The topological polar surface area (TPSA) is 33.1 Å². The minimum atomic E-state index is 0.848. The number of aromatic nitrogens is 2. The number of aryl methyl sites for hydroxylation is 1. The maximum atomic E-state index is 4.35. The van der Waals surface area contributed by atoms with Crippen molar-refractivity contribution in [3.63, 3.8) is 0 Å². The van der Waals surface area contributed by atoms with Crippen LogP contribution in [0.15, 0.2) is 12.4 Å². The zero-order chi connectivity index (χ0) is 10.5. The molecule has 15 heavy (non-hydrogen) atoms. The van der Waals surface area contributed by atoms with Crippen molar-refractivity contribution in [2.24, 2.45) is 0 Å². The Morgan fingerprint density at radius 3 is 2.87 bits per heavy atom. The summed E-state index contributed by atoms with van der Waals surface area (Å²) in [4.78, 5) is 4.35. The van der Waals surface area contributed by atoms with Gasteiger partial charge < -0.3 is 4.57 Å². The molecule has 0 amide bonds. The van der Waals surface area contributed by atoms with Crippen molar-refractivity contribution in [3.05, 3.63) is 18.2 Å². The highest BCUT2D eigenvalue weighted by molar-refractivity contribution is 4.91. The van der Waals surface area contributed by atoms with Gasteiger partial charge in [0.1, 0.15) is 5.82 Å². The minimum Gasteiger partial charge on any atom is -0.334 e. The molecule has 1 aliphatic rings. The third-order valence-corrected chi connectivity index (χ3v) is 2.96. The van der Waals surface area contributed by atoms with Crippen LogP contribution in [0.2, 0.25) is 0 Å². The van der Waals surface area contributed by atoms with Crippen LogP contribution in [0.4, 0.5) is 0 Å². The molecule has 0 bridgehead atoms. The van der Waals surface area contributed by atoms with Gasteiger partial charge in [0.05, 0.1) is 6.54 Å². The maximum absolute atomic E-state index is 4.35. The summed E-state index contributed by atoms with van der Waals surface area (Å²) >= 11 is 0. The number of imidazole rings is 1. The van der Waals surface area contributed by atoms with Crippen LogP contribution < -0.4 is 5.43 Å². The average Bonchev–Trinajstić information content (AvgIpc) is 2.75. The largest absolute Gasteiger partial charge is 0.334 e. The summed E-state index contributed by atoms with van der Waals surface area (Å²) in [6.45, 7) is 6.34. The van der Waals surface area contributed by atoms with Crippen LogP contribution in [0.25, 0.3) is 0 Å². The molecule has 0 aromatic carbocycles. The SMILES string of the molecule is CCn1ccnc1CNN1CCCCC1. The molecule has 0 unspecified atom stereocenters. The van der Waals surface area contributed by atoms with Gasteiger partial charge in [0.2, 0.25) is 0 Å². The Hall–Kier alpha value is -0.870. The lowest BCUT2D eigenvalue weighted by atomic mass is 10.2. The zero-order valence-electron chi connectivity index (χ0n) is 9.45. The highest BCUT2D eigenvalue weighted by Gasteiger charge is 2.10. The molecule has 0 atom stereocenters. The number of nitrogens with zero attached hydrogens (tertiary/aromatic N) is 3. The fourth-order valence-electron chi connectivity index (χ4n) is 2.03. The normalized spacial score (nSPS) is 18.2. The highest BCUT2D eigenvalue weighted by atomic mass is 15.5. The van der Waals surface area contributed by atoms with Crippen molar-refractivity contribution in [1.29, 1.82) is 0 Å². The molecule has 4 heteroatoms. The summed E-state index contributed by atoms with van der Waals surface area (Å²) in [5.74, 6) is 1.13. The monoisotopic (exact) mass is 208 g/mol. The Bertz CT molecular complexity index is 289. The van der Waals surface area contributed by atoms with Crippen LogP contribution in [0, 0.1) is 0 Å². The van der Waals surface area contributed by atoms with E-state index < -0.39 is 0 Å². The maximum Gasteiger partial charge on any atom is 0.124 e. The molecule has 1 aromatic heterocycles. The number of hydrazine groups is 1.